The first-order valence-electron chi connectivity index (χ1n) is 5.09. The molecule has 90 valence electrons. The highest BCUT2D eigenvalue weighted by Gasteiger charge is 2.10. The summed E-state index contributed by atoms with van der Waals surface area (Å²) in [5.41, 5.74) is 0. The molecule has 0 aromatic carbocycles. The van der Waals surface area contributed by atoms with E-state index in [1.54, 1.807) is 17.5 Å². The first-order chi connectivity index (χ1) is 8.25. The van der Waals surface area contributed by atoms with Crippen molar-refractivity contribution < 1.29 is 9.21 Å². The van der Waals surface area contributed by atoms with Crippen molar-refractivity contribution in [3.8, 4) is 0 Å². The smallest absolute Gasteiger partial charge is 0.322 e. The number of nitrogens with one attached hydrogen (secondary N) is 2. The molecular weight excluding hydrogens is 240 g/mol. The van der Waals surface area contributed by atoms with Gasteiger partial charge in [-0.1, -0.05) is 6.92 Å². The molecule has 17 heavy (non-hydrogen) atoms. The zero-order valence-electron chi connectivity index (χ0n) is 9.21. The van der Waals surface area contributed by atoms with Crippen LogP contribution in [0.3, 0.4) is 0 Å². The van der Waals surface area contributed by atoms with Crippen LogP contribution in [0.5, 0.6) is 0 Å². The van der Waals surface area contributed by atoms with Gasteiger partial charge in [-0.3, -0.25) is 5.32 Å². The van der Waals surface area contributed by atoms with Gasteiger partial charge in [0.2, 0.25) is 0 Å². The molecule has 2 aromatic heterocycles. The summed E-state index contributed by atoms with van der Waals surface area (Å²) in [4.78, 5) is 19.4. The van der Waals surface area contributed by atoms with Crippen molar-refractivity contribution >= 4 is 23.4 Å². The third-order valence-electron chi connectivity index (χ3n) is 2.09. The number of carbonyl (C=O) groups excluding carboxylic acids is 1. The predicted molar refractivity (Wildman–Crippen MR) is 64.1 cm³/mol. The molecule has 0 bridgehead atoms. The van der Waals surface area contributed by atoms with Crippen LogP contribution >= 0.6 is 11.3 Å². The third-order valence-corrected chi connectivity index (χ3v) is 3.10. The number of hydrogen-bond acceptors (Lipinski definition) is 5. The minimum atomic E-state index is -0.337. The van der Waals surface area contributed by atoms with Gasteiger partial charge in [-0.25, -0.2) is 14.8 Å². The van der Waals surface area contributed by atoms with Crippen LogP contribution in [-0.2, 0) is 0 Å². The molecule has 6 nitrogen and oxygen atoms in total. The van der Waals surface area contributed by atoms with Gasteiger partial charge in [-0.15, -0.1) is 11.3 Å². The number of amides is 2. The summed E-state index contributed by atoms with van der Waals surface area (Å²) in [7, 11) is 0. The van der Waals surface area contributed by atoms with E-state index in [9.17, 15) is 4.79 Å². The van der Waals surface area contributed by atoms with E-state index in [1.165, 1.54) is 12.5 Å². The second kappa shape index (κ2) is 5.44. The number of thiazole rings is 1. The van der Waals surface area contributed by atoms with Gasteiger partial charge in [-0.05, 0) is 0 Å². The predicted octanol–water partition coefficient (Wildman–Crippen LogP) is 2.06. The van der Waals surface area contributed by atoms with Crippen molar-refractivity contribution in [3.63, 3.8) is 0 Å². The van der Waals surface area contributed by atoms with Crippen LogP contribution in [0.15, 0.2) is 28.5 Å². The summed E-state index contributed by atoms with van der Waals surface area (Å²) in [6.45, 7) is 2.52. The second-order valence-corrected chi connectivity index (χ2v) is 4.37. The maximum absolute atomic E-state index is 11.4. The van der Waals surface area contributed by atoms with Gasteiger partial charge >= 0.3 is 12.0 Å². The number of nitrogens with zero attached hydrogens (tertiary/aromatic N) is 2. The molecule has 2 amide bonds. The van der Waals surface area contributed by atoms with Crippen LogP contribution in [0.25, 0.3) is 0 Å². The average Bonchev–Trinajstić information content (AvgIpc) is 2.97. The van der Waals surface area contributed by atoms with Crippen molar-refractivity contribution in [1.82, 2.24) is 15.3 Å². The topological polar surface area (TPSA) is 80.0 Å². The van der Waals surface area contributed by atoms with Crippen LogP contribution in [-0.4, -0.2) is 22.5 Å². The molecule has 0 aliphatic carbocycles. The first kappa shape index (κ1) is 11.6. The molecule has 0 aliphatic heterocycles. The second-order valence-electron chi connectivity index (χ2n) is 3.44. The number of aromatic nitrogens is 2. The lowest BCUT2D eigenvalue weighted by atomic mass is 10.2. The highest BCUT2D eigenvalue weighted by Crippen LogP contribution is 2.16. The summed E-state index contributed by atoms with van der Waals surface area (Å²) in [5.74, 6) is 0.185. The molecule has 2 heterocycles. The molecule has 0 fully saturated rings. The van der Waals surface area contributed by atoms with Crippen LogP contribution in [0.2, 0.25) is 0 Å². The van der Waals surface area contributed by atoms with Gasteiger partial charge in [-0.2, -0.15) is 0 Å². The van der Waals surface area contributed by atoms with E-state index in [4.69, 9.17) is 4.42 Å². The molecule has 0 radical (unpaired) electrons. The SMILES string of the molecule is C[C@H](CNC(=O)Nc1ncco1)c1nccs1. The largest absolute Gasteiger partial charge is 0.432 e. The van der Waals surface area contributed by atoms with Gasteiger partial charge in [0.1, 0.15) is 6.26 Å². The molecule has 7 heteroatoms. The lowest BCUT2D eigenvalue weighted by Gasteiger charge is -2.09. The zero-order chi connectivity index (χ0) is 12.1. The summed E-state index contributed by atoms with van der Waals surface area (Å²) in [6.07, 6.45) is 4.62. The van der Waals surface area contributed by atoms with E-state index >= 15 is 0 Å². The van der Waals surface area contributed by atoms with Gasteiger partial charge in [0.05, 0.1) is 11.2 Å². The minimum Gasteiger partial charge on any atom is -0.432 e. The quantitative estimate of drug-likeness (QED) is 0.872. The van der Waals surface area contributed by atoms with Crippen molar-refractivity contribution in [2.24, 2.45) is 0 Å². The number of carbonyl (C=O) groups is 1. The summed E-state index contributed by atoms with van der Waals surface area (Å²) >= 11 is 1.57. The Morgan fingerprint density at radius 3 is 3.06 bits per heavy atom. The normalized spacial score (nSPS) is 12.1. The molecule has 2 rings (SSSR count). The molecule has 0 saturated heterocycles. The third kappa shape index (κ3) is 3.28. The van der Waals surface area contributed by atoms with Gasteiger partial charge in [0, 0.05) is 24.0 Å². The molecule has 2 aromatic rings. The fraction of sp³-hybridized carbons (Fsp3) is 0.300. The number of oxazole rings is 1. The Morgan fingerprint density at radius 2 is 2.41 bits per heavy atom. The maximum Gasteiger partial charge on any atom is 0.322 e. The van der Waals surface area contributed by atoms with E-state index in [0.717, 1.165) is 5.01 Å². The number of hydrogen-bond donors (Lipinski definition) is 2. The maximum atomic E-state index is 11.4. The van der Waals surface area contributed by atoms with Crippen LogP contribution < -0.4 is 10.6 Å². The Labute approximate surface area is 102 Å². The molecule has 0 saturated carbocycles. The Kier molecular flexibility index (Phi) is 3.71. The number of anilines is 1. The van der Waals surface area contributed by atoms with Crippen molar-refractivity contribution in [2.45, 2.75) is 12.8 Å². The van der Waals surface area contributed by atoms with E-state index in [0.29, 0.717) is 6.54 Å². The average molecular weight is 252 g/mol. The Balaban J connectivity index is 1.76. The molecule has 2 N–H and O–H groups in total. The Bertz CT molecular complexity index is 455. The standard InChI is InChI=1S/C10H12N4O2S/c1-7(8-11-3-5-17-8)6-13-9(15)14-10-12-2-4-16-10/h2-5,7H,6H2,1H3,(H2,12,13,14,15)/t7-/m1/s1. The van der Waals surface area contributed by atoms with Crippen molar-refractivity contribution in [1.29, 1.82) is 0 Å². The first-order valence-corrected chi connectivity index (χ1v) is 5.97. The van der Waals surface area contributed by atoms with Crippen LogP contribution in [0.1, 0.15) is 17.8 Å². The fourth-order valence-corrected chi connectivity index (χ4v) is 1.94. The van der Waals surface area contributed by atoms with Gasteiger partial charge < -0.3 is 9.73 Å². The number of urea groups is 1. The highest BCUT2D eigenvalue weighted by molar-refractivity contribution is 7.09. The molecule has 0 aliphatic rings. The van der Waals surface area contributed by atoms with E-state index < -0.39 is 0 Å². The Morgan fingerprint density at radius 1 is 1.53 bits per heavy atom. The van der Waals surface area contributed by atoms with Crippen molar-refractivity contribution in [2.75, 3.05) is 11.9 Å². The van der Waals surface area contributed by atoms with Crippen LogP contribution in [0, 0.1) is 0 Å². The molecule has 1 atom stereocenters. The zero-order valence-corrected chi connectivity index (χ0v) is 10.0. The van der Waals surface area contributed by atoms with E-state index in [1.807, 2.05) is 12.3 Å². The van der Waals surface area contributed by atoms with Crippen molar-refractivity contribution in [3.05, 3.63) is 29.0 Å². The minimum absolute atomic E-state index is 0.185. The molecule has 0 unspecified atom stereocenters. The highest BCUT2D eigenvalue weighted by atomic mass is 32.1. The van der Waals surface area contributed by atoms with Crippen LogP contribution in [0.4, 0.5) is 10.8 Å². The summed E-state index contributed by atoms with van der Waals surface area (Å²) in [6, 6.07) is -0.153. The Hall–Kier alpha value is -1.89. The summed E-state index contributed by atoms with van der Waals surface area (Å²) < 4.78 is 4.89. The number of rotatable bonds is 4. The monoisotopic (exact) mass is 252 g/mol. The van der Waals surface area contributed by atoms with E-state index in [-0.39, 0.29) is 18.0 Å². The summed E-state index contributed by atoms with van der Waals surface area (Å²) in [5, 5.41) is 8.12. The lowest BCUT2D eigenvalue weighted by molar-refractivity contribution is 0.251. The molecule has 0 spiro atoms. The fourth-order valence-electron chi connectivity index (χ4n) is 1.24. The van der Waals surface area contributed by atoms with Gasteiger partial charge in [0.25, 0.3) is 0 Å². The lowest BCUT2D eigenvalue weighted by Crippen LogP contribution is -2.31. The van der Waals surface area contributed by atoms with E-state index in [2.05, 4.69) is 20.6 Å². The molecular formula is C10H12N4O2S. The van der Waals surface area contributed by atoms with Gasteiger partial charge in [0.15, 0.2) is 0 Å².